The number of carbonyl (C=O) groups excluding carboxylic acids is 1. The predicted octanol–water partition coefficient (Wildman–Crippen LogP) is -0.129. The van der Waals surface area contributed by atoms with E-state index in [0.717, 1.165) is 12.3 Å². The smallest absolute Gasteiger partial charge is 0.252 e. The van der Waals surface area contributed by atoms with E-state index in [2.05, 4.69) is 21.2 Å². The van der Waals surface area contributed by atoms with Gasteiger partial charge in [-0.2, -0.15) is 0 Å². The predicted molar refractivity (Wildman–Crippen MR) is 77.6 cm³/mol. The van der Waals surface area contributed by atoms with Crippen LogP contribution in [0.2, 0.25) is 0 Å². The monoisotopic (exact) mass is 384 g/mol. The normalized spacial score (nSPS) is 12.2. The number of hydrogen-bond acceptors (Lipinski definition) is 5. The van der Waals surface area contributed by atoms with Crippen molar-refractivity contribution in [3.63, 3.8) is 0 Å². The molecule has 112 valence electrons. The molecule has 0 heterocycles. The molecule has 0 saturated heterocycles. The van der Waals surface area contributed by atoms with Crippen LogP contribution in [-0.2, 0) is 19.9 Å². The molecule has 0 aromatic heterocycles. The van der Waals surface area contributed by atoms with Crippen LogP contribution in [0.25, 0.3) is 0 Å². The van der Waals surface area contributed by atoms with Crippen LogP contribution < -0.4 is 10.5 Å². The van der Waals surface area contributed by atoms with Crippen molar-refractivity contribution in [2.45, 2.75) is 4.90 Å². The van der Waals surface area contributed by atoms with E-state index in [4.69, 9.17) is 5.14 Å². The molecule has 0 atom stereocenters. The number of primary sulfonamides is 1. The van der Waals surface area contributed by atoms with Crippen LogP contribution in [-0.4, -0.2) is 41.3 Å². The minimum atomic E-state index is -3.92. The number of sulfonamides is 1. The molecule has 1 amide bonds. The van der Waals surface area contributed by atoms with Crippen LogP contribution in [0.5, 0.6) is 0 Å². The van der Waals surface area contributed by atoms with Crippen LogP contribution in [0.4, 0.5) is 0 Å². The summed E-state index contributed by atoms with van der Waals surface area (Å²) in [6.45, 7) is -0.0658. The number of sulfone groups is 1. The fraction of sp³-hybridized carbons (Fsp3) is 0.300. The van der Waals surface area contributed by atoms with Gasteiger partial charge >= 0.3 is 0 Å². The lowest BCUT2D eigenvalue weighted by molar-refractivity contribution is 0.0955. The van der Waals surface area contributed by atoms with Crippen molar-refractivity contribution in [2.24, 2.45) is 5.14 Å². The molecule has 10 heteroatoms. The molecule has 0 radical (unpaired) electrons. The molecular weight excluding hydrogens is 372 g/mol. The average molecular weight is 385 g/mol. The average Bonchev–Trinajstić information content (AvgIpc) is 2.25. The lowest BCUT2D eigenvalue weighted by Gasteiger charge is -2.08. The SMILES string of the molecule is CS(=O)(=O)CCNC(=O)c1cc(S(N)(=O)=O)ccc1Br. The highest BCUT2D eigenvalue weighted by Crippen LogP contribution is 2.20. The van der Waals surface area contributed by atoms with Gasteiger partial charge in [-0.3, -0.25) is 4.79 Å². The maximum absolute atomic E-state index is 11.9. The van der Waals surface area contributed by atoms with Crippen molar-refractivity contribution in [1.29, 1.82) is 0 Å². The molecule has 20 heavy (non-hydrogen) atoms. The van der Waals surface area contributed by atoms with E-state index in [0.29, 0.717) is 4.47 Å². The van der Waals surface area contributed by atoms with Crippen LogP contribution in [0.3, 0.4) is 0 Å². The molecule has 1 aromatic rings. The highest BCUT2D eigenvalue weighted by atomic mass is 79.9. The van der Waals surface area contributed by atoms with Gasteiger partial charge in [0.2, 0.25) is 10.0 Å². The van der Waals surface area contributed by atoms with Gasteiger partial charge < -0.3 is 5.32 Å². The lowest BCUT2D eigenvalue weighted by atomic mass is 10.2. The Morgan fingerprint density at radius 3 is 2.40 bits per heavy atom. The van der Waals surface area contributed by atoms with E-state index >= 15 is 0 Å². The molecule has 0 spiro atoms. The molecule has 3 N–H and O–H groups in total. The first-order valence-corrected chi connectivity index (χ1v) is 9.69. The van der Waals surface area contributed by atoms with E-state index in [-0.39, 0.29) is 22.8 Å². The molecule has 0 fully saturated rings. The standard InChI is InChI=1S/C10H13BrN2O5S2/c1-19(15,16)5-4-13-10(14)8-6-7(20(12,17)18)2-3-9(8)11/h2-3,6H,4-5H2,1H3,(H,13,14)(H2,12,17,18). The molecule has 0 aliphatic carbocycles. The summed E-state index contributed by atoms with van der Waals surface area (Å²) in [4.78, 5) is 11.7. The quantitative estimate of drug-likeness (QED) is 0.731. The molecule has 0 aliphatic heterocycles. The minimum absolute atomic E-state index is 0.0602. The van der Waals surface area contributed by atoms with Crippen LogP contribution in [0.1, 0.15) is 10.4 Å². The number of rotatable bonds is 5. The largest absolute Gasteiger partial charge is 0.351 e. The van der Waals surface area contributed by atoms with Gasteiger partial charge in [0, 0.05) is 17.3 Å². The van der Waals surface area contributed by atoms with Crippen molar-refractivity contribution in [2.75, 3.05) is 18.6 Å². The van der Waals surface area contributed by atoms with E-state index < -0.39 is 25.8 Å². The molecular formula is C10H13BrN2O5S2. The van der Waals surface area contributed by atoms with Gasteiger partial charge in [-0.15, -0.1) is 0 Å². The fourth-order valence-electron chi connectivity index (χ4n) is 1.30. The maximum atomic E-state index is 11.9. The summed E-state index contributed by atoms with van der Waals surface area (Å²) >= 11 is 3.11. The number of benzene rings is 1. The van der Waals surface area contributed by atoms with Gasteiger partial charge in [0.1, 0.15) is 9.84 Å². The summed E-state index contributed by atoms with van der Waals surface area (Å²) in [6, 6.07) is 3.76. The summed E-state index contributed by atoms with van der Waals surface area (Å²) in [7, 11) is -7.10. The third-order valence-electron chi connectivity index (χ3n) is 2.27. The Balaban J connectivity index is 2.93. The Labute approximate surface area is 125 Å². The number of amides is 1. The second-order valence-electron chi connectivity index (χ2n) is 4.07. The van der Waals surface area contributed by atoms with Crippen molar-refractivity contribution in [1.82, 2.24) is 5.32 Å². The molecule has 0 saturated carbocycles. The first-order chi connectivity index (χ1) is 9.00. The zero-order chi connectivity index (χ0) is 15.6. The van der Waals surface area contributed by atoms with Crippen molar-refractivity contribution in [3.8, 4) is 0 Å². The number of carbonyl (C=O) groups is 1. The highest BCUT2D eigenvalue weighted by molar-refractivity contribution is 9.10. The fourth-order valence-corrected chi connectivity index (χ4v) is 2.74. The van der Waals surface area contributed by atoms with Crippen molar-refractivity contribution < 1.29 is 21.6 Å². The van der Waals surface area contributed by atoms with Gasteiger partial charge in [0.05, 0.1) is 16.2 Å². The topological polar surface area (TPSA) is 123 Å². The maximum Gasteiger partial charge on any atom is 0.252 e. The summed E-state index contributed by atoms with van der Waals surface area (Å²) < 4.78 is 44.7. The van der Waals surface area contributed by atoms with Crippen LogP contribution in [0, 0.1) is 0 Å². The molecule has 0 unspecified atom stereocenters. The van der Waals surface area contributed by atoms with E-state index in [1.807, 2.05) is 0 Å². The van der Waals surface area contributed by atoms with Gasteiger partial charge in [-0.25, -0.2) is 22.0 Å². The zero-order valence-electron chi connectivity index (χ0n) is 10.5. The number of hydrogen-bond donors (Lipinski definition) is 2. The summed E-state index contributed by atoms with van der Waals surface area (Å²) in [5, 5.41) is 7.37. The Morgan fingerprint density at radius 2 is 1.90 bits per heavy atom. The number of halogens is 1. The summed E-state index contributed by atoms with van der Waals surface area (Å²) in [5.41, 5.74) is 0.0602. The Morgan fingerprint density at radius 1 is 1.30 bits per heavy atom. The van der Waals surface area contributed by atoms with E-state index in [1.54, 1.807) is 0 Å². The lowest BCUT2D eigenvalue weighted by Crippen LogP contribution is -2.29. The molecule has 7 nitrogen and oxygen atoms in total. The summed E-state index contributed by atoms with van der Waals surface area (Å²) in [6.07, 6.45) is 1.05. The first-order valence-electron chi connectivity index (χ1n) is 5.29. The minimum Gasteiger partial charge on any atom is -0.351 e. The third-order valence-corrected chi connectivity index (χ3v) is 4.82. The van der Waals surface area contributed by atoms with Crippen LogP contribution in [0.15, 0.2) is 27.6 Å². The Kier molecular flexibility index (Phi) is 5.30. The van der Waals surface area contributed by atoms with Gasteiger partial charge in [0.25, 0.3) is 5.91 Å². The third kappa shape index (κ3) is 5.19. The van der Waals surface area contributed by atoms with Gasteiger partial charge in [-0.1, -0.05) is 0 Å². The van der Waals surface area contributed by atoms with Gasteiger partial charge in [-0.05, 0) is 34.1 Å². The number of nitrogens with two attached hydrogens (primary N) is 1. The van der Waals surface area contributed by atoms with Crippen LogP contribution >= 0.6 is 15.9 Å². The first kappa shape index (κ1) is 17.1. The molecule has 1 aromatic carbocycles. The second kappa shape index (κ2) is 6.20. The van der Waals surface area contributed by atoms with E-state index in [9.17, 15) is 21.6 Å². The number of nitrogens with one attached hydrogen (secondary N) is 1. The summed E-state index contributed by atoms with van der Waals surface area (Å²) in [5.74, 6) is -0.795. The van der Waals surface area contributed by atoms with Crippen molar-refractivity contribution >= 4 is 41.7 Å². The zero-order valence-corrected chi connectivity index (χ0v) is 13.7. The van der Waals surface area contributed by atoms with E-state index in [1.165, 1.54) is 12.1 Å². The van der Waals surface area contributed by atoms with Crippen molar-refractivity contribution in [3.05, 3.63) is 28.2 Å². The Hall–Kier alpha value is -0.970. The molecule has 0 bridgehead atoms. The Bertz CT molecular complexity index is 728. The second-order valence-corrected chi connectivity index (χ2v) is 8.75. The molecule has 0 aliphatic rings. The molecule has 1 rings (SSSR count). The van der Waals surface area contributed by atoms with Gasteiger partial charge in [0.15, 0.2) is 0 Å². The highest BCUT2D eigenvalue weighted by Gasteiger charge is 2.15.